The first-order valence-corrected chi connectivity index (χ1v) is 8.75. The minimum Gasteiger partial charge on any atom is -0.444 e. The summed E-state index contributed by atoms with van der Waals surface area (Å²) in [6.45, 7) is 6.09. The molecule has 0 radical (unpaired) electrons. The number of rotatable bonds is 4. The van der Waals surface area contributed by atoms with Crippen molar-refractivity contribution in [2.75, 3.05) is 46.8 Å². The van der Waals surface area contributed by atoms with E-state index in [1.807, 2.05) is 0 Å². The van der Waals surface area contributed by atoms with E-state index in [2.05, 4.69) is 5.32 Å². The summed E-state index contributed by atoms with van der Waals surface area (Å²) in [4.78, 5) is 25.1. The van der Waals surface area contributed by atoms with Crippen molar-refractivity contribution in [2.45, 2.75) is 26.4 Å². The topological polar surface area (TPSA) is 99.3 Å². The molecule has 0 saturated carbocycles. The number of hydrogen-bond acceptors (Lipinski definition) is 5. The van der Waals surface area contributed by atoms with Gasteiger partial charge in [0.1, 0.15) is 12.1 Å². The number of amides is 2. The number of nitrogens with one attached hydrogen (secondary N) is 1. The van der Waals surface area contributed by atoms with E-state index in [9.17, 15) is 18.0 Å². The summed E-state index contributed by atoms with van der Waals surface area (Å²) >= 11 is 0. The number of ether oxygens (including phenoxy) is 1. The Morgan fingerprint density at radius 1 is 1.13 bits per heavy atom. The minimum absolute atomic E-state index is 0.171. The van der Waals surface area contributed by atoms with Gasteiger partial charge in [-0.2, -0.15) is 17.0 Å². The summed E-state index contributed by atoms with van der Waals surface area (Å²) in [6, 6.07) is 0. The molecule has 1 rings (SSSR count). The number of hydrogen-bond donors (Lipinski definition) is 1. The number of carbonyl (C=O) groups excluding carboxylic acids is 2. The third-order valence-electron chi connectivity index (χ3n) is 3.16. The van der Waals surface area contributed by atoms with E-state index in [0.29, 0.717) is 13.1 Å². The molecule has 10 heteroatoms. The second-order valence-electron chi connectivity index (χ2n) is 6.43. The normalized spacial score (nSPS) is 17.2. The minimum atomic E-state index is -3.46. The first kappa shape index (κ1) is 19.7. The second-order valence-corrected chi connectivity index (χ2v) is 8.57. The lowest BCUT2D eigenvalue weighted by Crippen LogP contribution is -2.54. The molecule has 9 nitrogen and oxygen atoms in total. The van der Waals surface area contributed by atoms with Crippen LogP contribution in [0.5, 0.6) is 0 Å². The lowest BCUT2D eigenvalue weighted by atomic mass is 10.2. The van der Waals surface area contributed by atoms with Crippen LogP contribution in [0.1, 0.15) is 20.8 Å². The molecule has 134 valence electrons. The average Bonchev–Trinajstić information content (AvgIpc) is 2.43. The van der Waals surface area contributed by atoms with Crippen LogP contribution in [0.3, 0.4) is 0 Å². The molecule has 0 spiro atoms. The molecule has 0 unspecified atom stereocenters. The Labute approximate surface area is 137 Å². The van der Waals surface area contributed by atoms with E-state index < -0.39 is 21.9 Å². The van der Waals surface area contributed by atoms with Crippen LogP contribution >= 0.6 is 0 Å². The van der Waals surface area contributed by atoms with Crippen molar-refractivity contribution in [2.24, 2.45) is 0 Å². The molecular formula is C13H26N4O5S. The Hall–Kier alpha value is -1.39. The molecular weight excluding hydrogens is 324 g/mol. The smallest absolute Gasteiger partial charge is 0.408 e. The first-order valence-electron chi connectivity index (χ1n) is 7.36. The van der Waals surface area contributed by atoms with Gasteiger partial charge in [0.25, 0.3) is 10.2 Å². The third kappa shape index (κ3) is 5.96. The molecule has 1 aliphatic rings. The number of nitrogens with zero attached hydrogens (tertiary/aromatic N) is 3. The molecule has 2 amide bonds. The Bertz CT molecular complexity index is 533. The molecule has 1 N–H and O–H groups in total. The highest BCUT2D eigenvalue weighted by Crippen LogP contribution is 2.10. The Morgan fingerprint density at radius 3 is 2.09 bits per heavy atom. The van der Waals surface area contributed by atoms with Crippen molar-refractivity contribution in [1.82, 2.24) is 18.8 Å². The van der Waals surface area contributed by atoms with E-state index in [-0.39, 0.29) is 25.5 Å². The Kier molecular flexibility index (Phi) is 6.37. The summed E-state index contributed by atoms with van der Waals surface area (Å²) < 4.78 is 31.5. The van der Waals surface area contributed by atoms with Gasteiger partial charge in [-0.15, -0.1) is 0 Å². The van der Waals surface area contributed by atoms with Crippen LogP contribution in [-0.2, 0) is 19.7 Å². The van der Waals surface area contributed by atoms with Gasteiger partial charge in [0, 0.05) is 40.3 Å². The van der Waals surface area contributed by atoms with Crippen molar-refractivity contribution in [3.8, 4) is 0 Å². The highest BCUT2D eigenvalue weighted by molar-refractivity contribution is 7.86. The molecule has 0 atom stereocenters. The van der Waals surface area contributed by atoms with Crippen molar-refractivity contribution in [1.29, 1.82) is 0 Å². The van der Waals surface area contributed by atoms with Crippen LogP contribution in [0, 0.1) is 0 Å². The maximum atomic E-state index is 12.0. The lowest BCUT2D eigenvalue weighted by molar-refractivity contribution is -0.131. The largest absolute Gasteiger partial charge is 0.444 e. The SMILES string of the molecule is CN(C)S(=O)(=O)N1CCN(C(=O)CNC(=O)OC(C)(C)C)CC1. The zero-order valence-corrected chi connectivity index (χ0v) is 15.1. The molecule has 1 heterocycles. The maximum absolute atomic E-state index is 12.0. The third-order valence-corrected chi connectivity index (χ3v) is 5.10. The summed E-state index contributed by atoms with van der Waals surface area (Å²) in [5.74, 6) is -0.266. The summed E-state index contributed by atoms with van der Waals surface area (Å²) in [5.41, 5.74) is -0.626. The van der Waals surface area contributed by atoms with Gasteiger partial charge in [0.2, 0.25) is 5.91 Å². The Balaban J connectivity index is 2.43. The Morgan fingerprint density at radius 2 is 1.65 bits per heavy atom. The standard InChI is InChI=1S/C13H26N4O5S/c1-13(2,3)22-12(19)14-10-11(18)16-6-8-17(9-7-16)23(20,21)15(4)5/h6-10H2,1-5H3,(H,14,19). The van der Waals surface area contributed by atoms with Gasteiger partial charge >= 0.3 is 6.09 Å². The van der Waals surface area contributed by atoms with Crippen LogP contribution in [0.4, 0.5) is 4.79 Å². The molecule has 1 saturated heterocycles. The molecule has 0 aromatic rings. The van der Waals surface area contributed by atoms with E-state index in [0.717, 1.165) is 4.31 Å². The number of alkyl carbamates (subject to hydrolysis) is 1. The fourth-order valence-electron chi connectivity index (χ4n) is 1.97. The maximum Gasteiger partial charge on any atom is 0.408 e. The van der Waals surface area contributed by atoms with Crippen molar-refractivity contribution >= 4 is 22.2 Å². The molecule has 0 bridgehead atoms. The van der Waals surface area contributed by atoms with Crippen LogP contribution < -0.4 is 5.32 Å². The monoisotopic (exact) mass is 350 g/mol. The first-order chi connectivity index (χ1) is 10.4. The van der Waals surface area contributed by atoms with Gasteiger partial charge in [-0.25, -0.2) is 4.79 Å². The van der Waals surface area contributed by atoms with Gasteiger partial charge in [-0.3, -0.25) is 4.79 Å². The number of piperazine rings is 1. The second kappa shape index (κ2) is 7.45. The van der Waals surface area contributed by atoms with Crippen molar-refractivity contribution in [3.63, 3.8) is 0 Å². The predicted molar refractivity (Wildman–Crippen MR) is 85.0 cm³/mol. The van der Waals surface area contributed by atoms with Crippen LogP contribution in [-0.4, -0.2) is 86.3 Å². The molecule has 0 aliphatic carbocycles. The molecule has 23 heavy (non-hydrogen) atoms. The quantitative estimate of drug-likeness (QED) is 0.734. The van der Waals surface area contributed by atoms with E-state index in [1.165, 1.54) is 23.3 Å². The summed E-state index contributed by atoms with van der Waals surface area (Å²) in [6.07, 6.45) is -0.653. The van der Waals surface area contributed by atoms with Crippen molar-refractivity contribution < 1.29 is 22.7 Å². The fourth-order valence-corrected chi connectivity index (χ4v) is 3.06. The van der Waals surface area contributed by atoms with Gasteiger partial charge < -0.3 is 15.0 Å². The van der Waals surface area contributed by atoms with Crippen LogP contribution in [0.2, 0.25) is 0 Å². The van der Waals surface area contributed by atoms with E-state index in [1.54, 1.807) is 20.8 Å². The molecule has 0 aromatic heterocycles. The van der Waals surface area contributed by atoms with Crippen molar-refractivity contribution in [3.05, 3.63) is 0 Å². The summed E-state index contributed by atoms with van der Waals surface area (Å²) in [7, 11) is -0.516. The van der Waals surface area contributed by atoms with E-state index in [4.69, 9.17) is 4.74 Å². The molecule has 1 aliphatic heterocycles. The highest BCUT2D eigenvalue weighted by Gasteiger charge is 2.30. The van der Waals surface area contributed by atoms with Gasteiger partial charge in [-0.1, -0.05) is 0 Å². The zero-order valence-electron chi connectivity index (χ0n) is 14.3. The van der Waals surface area contributed by atoms with Gasteiger partial charge in [0.05, 0.1) is 0 Å². The van der Waals surface area contributed by atoms with Crippen LogP contribution in [0.15, 0.2) is 0 Å². The van der Waals surface area contributed by atoms with E-state index >= 15 is 0 Å². The van der Waals surface area contributed by atoms with Crippen LogP contribution in [0.25, 0.3) is 0 Å². The molecule has 1 fully saturated rings. The lowest BCUT2D eigenvalue weighted by Gasteiger charge is -2.35. The van der Waals surface area contributed by atoms with Gasteiger partial charge in [0.15, 0.2) is 0 Å². The zero-order chi connectivity index (χ0) is 17.8. The van der Waals surface area contributed by atoms with Gasteiger partial charge in [-0.05, 0) is 20.8 Å². The number of carbonyl (C=O) groups is 2. The predicted octanol–water partition coefficient (Wildman–Crippen LogP) is -0.538. The summed E-state index contributed by atoms with van der Waals surface area (Å²) in [5, 5.41) is 2.40. The highest BCUT2D eigenvalue weighted by atomic mass is 32.2. The fraction of sp³-hybridized carbons (Fsp3) is 0.846. The average molecular weight is 350 g/mol. The molecule has 0 aromatic carbocycles.